The molecule has 2 aliphatic rings. The lowest BCUT2D eigenvalue weighted by molar-refractivity contribution is -0.135. The van der Waals surface area contributed by atoms with Crippen molar-refractivity contribution in [2.24, 2.45) is 0 Å². The minimum absolute atomic E-state index is 0.0139. The number of ether oxygens (including phenoxy) is 4. The van der Waals surface area contributed by atoms with Crippen molar-refractivity contribution in [2.75, 3.05) is 20.3 Å². The smallest absolute Gasteiger partial charge is 0.312 e. The van der Waals surface area contributed by atoms with E-state index in [-0.39, 0.29) is 34.3 Å². The van der Waals surface area contributed by atoms with Gasteiger partial charge in [0.05, 0.1) is 32.3 Å². The lowest BCUT2D eigenvalue weighted by Crippen LogP contribution is -2.22. The maximum absolute atomic E-state index is 13.6. The molecule has 8 nitrogen and oxygen atoms in total. The molecule has 5 aromatic rings. The highest BCUT2D eigenvalue weighted by Gasteiger charge is 2.34. The van der Waals surface area contributed by atoms with Gasteiger partial charge in [-0.05, 0) is 40.5 Å². The van der Waals surface area contributed by atoms with Crippen LogP contribution in [0.3, 0.4) is 0 Å². The summed E-state index contributed by atoms with van der Waals surface area (Å²) >= 11 is 0. The Bertz CT molecular complexity index is 1930. The Morgan fingerprint density at radius 2 is 1.81 bits per heavy atom. The predicted octanol–water partition coefficient (Wildman–Crippen LogP) is 6.17. The molecule has 4 aromatic carbocycles. The third-order valence-electron chi connectivity index (χ3n) is 8.05. The van der Waals surface area contributed by atoms with Gasteiger partial charge in [-0.3, -0.25) is 9.59 Å². The second-order valence-electron chi connectivity index (χ2n) is 10.6. The van der Waals surface area contributed by atoms with Crippen LogP contribution in [-0.2, 0) is 17.6 Å². The monoisotopic (exact) mass is 576 g/mol. The number of esters is 1. The van der Waals surface area contributed by atoms with Crippen LogP contribution >= 0.6 is 0 Å². The van der Waals surface area contributed by atoms with Crippen molar-refractivity contribution in [2.45, 2.75) is 25.2 Å². The molecule has 0 radical (unpaired) electrons. The summed E-state index contributed by atoms with van der Waals surface area (Å²) < 4.78 is 29.0. The lowest BCUT2D eigenvalue weighted by Gasteiger charge is -2.26. The number of methoxy groups -OCH3 is 1. The number of rotatable bonds is 7. The molecule has 8 heteroatoms. The van der Waals surface area contributed by atoms with Crippen molar-refractivity contribution in [1.82, 2.24) is 0 Å². The van der Waals surface area contributed by atoms with Gasteiger partial charge in [-0.15, -0.1) is 0 Å². The van der Waals surface area contributed by atoms with Crippen LogP contribution in [0.5, 0.6) is 28.7 Å². The fourth-order valence-corrected chi connectivity index (χ4v) is 5.93. The van der Waals surface area contributed by atoms with Crippen molar-refractivity contribution in [3.8, 4) is 39.9 Å². The molecule has 216 valence electrons. The van der Waals surface area contributed by atoms with Crippen LogP contribution in [0.2, 0.25) is 0 Å². The van der Waals surface area contributed by atoms with E-state index in [2.05, 4.69) is 6.07 Å². The van der Waals surface area contributed by atoms with Gasteiger partial charge in [-0.25, -0.2) is 0 Å². The first-order valence-electron chi connectivity index (χ1n) is 14.1. The molecule has 0 saturated carbocycles. The number of hydrogen-bond acceptors (Lipinski definition) is 8. The lowest BCUT2D eigenvalue weighted by atomic mass is 9.84. The summed E-state index contributed by atoms with van der Waals surface area (Å²) in [6.45, 7) is 1.13. The molecule has 2 aliphatic heterocycles. The zero-order valence-corrected chi connectivity index (χ0v) is 23.4. The maximum Gasteiger partial charge on any atom is 0.312 e. The van der Waals surface area contributed by atoms with E-state index in [9.17, 15) is 14.7 Å². The van der Waals surface area contributed by atoms with Gasteiger partial charge in [-0.1, -0.05) is 48.5 Å². The Morgan fingerprint density at radius 3 is 2.65 bits per heavy atom. The summed E-state index contributed by atoms with van der Waals surface area (Å²) in [5.41, 5.74) is 4.43. The number of benzene rings is 4. The van der Waals surface area contributed by atoms with Gasteiger partial charge in [0.25, 0.3) is 0 Å². The van der Waals surface area contributed by atoms with Gasteiger partial charge in [0.2, 0.25) is 5.43 Å². The normalized spacial score (nSPS) is 15.4. The highest BCUT2D eigenvalue weighted by atomic mass is 16.5. The van der Waals surface area contributed by atoms with Crippen LogP contribution in [0.4, 0.5) is 0 Å². The standard InChI is InChI=1S/C35H28O8/c1-39-28-10-8-22(16-29(28)41-13-11-20-7-9-27-23(15-20)12-14-40-27)24-17-31(37)43-30-18-26(36)33-34(38)25(19-42-35(33)32(24)30)21-5-3-2-4-6-21/h2-10,15-16,18-19,24,36H,11-14,17H2,1H3/t24-/m0/s1. The van der Waals surface area contributed by atoms with Crippen molar-refractivity contribution in [1.29, 1.82) is 0 Å². The van der Waals surface area contributed by atoms with Gasteiger partial charge in [-0.2, -0.15) is 0 Å². The summed E-state index contributed by atoms with van der Waals surface area (Å²) in [6.07, 6.45) is 3.00. The third-order valence-corrected chi connectivity index (χ3v) is 8.05. The van der Waals surface area contributed by atoms with Gasteiger partial charge in [0, 0.05) is 30.4 Å². The molecule has 0 unspecified atom stereocenters. The molecule has 0 aliphatic carbocycles. The van der Waals surface area contributed by atoms with E-state index in [1.807, 2.05) is 42.5 Å². The van der Waals surface area contributed by atoms with E-state index in [1.54, 1.807) is 25.3 Å². The highest BCUT2D eigenvalue weighted by Crippen LogP contribution is 2.47. The molecular formula is C35H28O8. The number of phenols is 1. The van der Waals surface area contributed by atoms with E-state index in [0.717, 1.165) is 23.3 Å². The summed E-state index contributed by atoms with van der Waals surface area (Å²) in [7, 11) is 1.57. The number of fused-ring (bicyclic) bond motifs is 4. The summed E-state index contributed by atoms with van der Waals surface area (Å²) in [5.74, 6) is 0.887. The van der Waals surface area contributed by atoms with E-state index >= 15 is 0 Å². The van der Waals surface area contributed by atoms with Gasteiger partial charge < -0.3 is 28.5 Å². The molecule has 0 bridgehead atoms. The zero-order valence-electron chi connectivity index (χ0n) is 23.4. The first-order valence-corrected chi connectivity index (χ1v) is 14.1. The predicted molar refractivity (Wildman–Crippen MR) is 160 cm³/mol. The Labute approximate surface area is 247 Å². The Kier molecular flexibility index (Phi) is 6.74. The van der Waals surface area contributed by atoms with Crippen LogP contribution < -0.4 is 24.4 Å². The minimum atomic E-state index is -0.518. The van der Waals surface area contributed by atoms with Crippen LogP contribution in [0.25, 0.3) is 22.1 Å². The SMILES string of the molecule is COc1ccc([C@@H]2CC(=O)Oc3cc(O)c4c(=O)c(-c5ccccc5)coc4c32)cc1OCCc1ccc2c(c1)CCO2. The summed E-state index contributed by atoms with van der Waals surface area (Å²) in [5, 5.41) is 10.9. The van der Waals surface area contributed by atoms with E-state index in [0.29, 0.717) is 47.8 Å². The average molecular weight is 577 g/mol. The first-order chi connectivity index (χ1) is 21.0. The summed E-state index contributed by atoms with van der Waals surface area (Å²) in [6, 6.07) is 22.1. The van der Waals surface area contributed by atoms with Gasteiger partial charge in [0.1, 0.15) is 34.5 Å². The van der Waals surface area contributed by atoms with Crippen LogP contribution in [0.15, 0.2) is 88.3 Å². The van der Waals surface area contributed by atoms with Gasteiger partial charge >= 0.3 is 5.97 Å². The summed E-state index contributed by atoms with van der Waals surface area (Å²) in [4.78, 5) is 26.3. The second kappa shape index (κ2) is 10.9. The Morgan fingerprint density at radius 1 is 0.953 bits per heavy atom. The first kappa shape index (κ1) is 26.6. The van der Waals surface area contributed by atoms with Crippen molar-refractivity contribution in [3.63, 3.8) is 0 Å². The molecule has 7 rings (SSSR count). The maximum atomic E-state index is 13.6. The largest absolute Gasteiger partial charge is 0.507 e. The van der Waals surface area contributed by atoms with E-state index < -0.39 is 11.9 Å². The Balaban J connectivity index is 1.25. The molecule has 1 N–H and O–H groups in total. The van der Waals surface area contributed by atoms with Crippen molar-refractivity contribution >= 4 is 16.9 Å². The highest BCUT2D eigenvalue weighted by molar-refractivity contribution is 5.94. The molecule has 1 atom stereocenters. The van der Waals surface area contributed by atoms with Crippen molar-refractivity contribution < 1.29 is 33.3 Å². The molecule has 3 heterocycles. The minimum Gasteiger partial charge on any atom is -0.507 e. The molecule has 43 heavy (non-hydrogen) atoms. The average Bonchev–Trinajstić information content (AvgIpc) is 3.49. The molecule has 1 aromatic heterocycles. The number of phenolic OH excluding ortho intramolecular Hbond substituents is 1. The van der Waals surface area contributed by atoms with Crippen LogP contribution in [-0.4, -0.2) is 31.4 Å². The fourth-order valence-electron chi connectivity index (χ4n) is 5.93. The molecule has 0 spiro atoms. The molecule has 0 fully saturated rings. The zero-order chi connectivity index (χ0) is 29.5. The van der Waals surface area contributed by atoms with Gasteiger partial charge in [0.15, 0.2) is 11.5 Å². The topological polar surface area (TPSA) is 104 Å². The Hall–Kier alpha value is -5.24. The number of aromatic hydroxyl groups is 1. The molecule has 0 saturated heterocycles. The molecular weight excluding hydrogens is 548 g/mol. The number of carbonyl (C=O) groups is 1. The second-order valence-corrected chi connectivity index (χ2v) is 10.6. The van der Waals surface area contributed by atoms with E-state index in [1.165, 1.54) is 17.9 Å². The molecule has 0 amide bonds. The fraction of sp³-hybridized carbons (Fsp3) is 0.200. The number of carbonyl (C=O) groups excluding carboxylic acids is 1. The third kappa shape index (κ3) is 4.84. The van der Waals surface area contributed by atoms with Crippen LogP contribution in [0.1, 0.15) is 34.6 Å². The van der Waals surface area contributed by atoms with Crippen LogP contribution in [0, 0.1) is 0 Å². The quantitative estimate of drug-likeness (QED) is 0.181. The van der Waals surface area contributed by atoms with E-state index in [4.69, 9.17) is 23.4 Å². The van der Waals surface area contributed by atoms with Crippen molar-refractivity contribution in [3.05, 3.63) is 112 Å². The number of hydrogen-bond donors (Lipinski definition) is 1.